The van der Waals surface area contributed by atoms with Gasteiger partial charge in [-0.1, -0.05) is 0 Å². The van der Waals surface area contributed by atoms with E-state index in [2.05, 4.69) is 4.74 Å². The van der Waals surface area contributed by atoms with Gasteiger partial charge in [-0.25, -0.2) is 0 Å². The number of halogens is 3. The molecule has 0 saturated carbocycles. The zero-order valence-corrected chi connectivity index (χ0v) is 8.45. The number of carbonyl (C=O) groups excluding carboxylic acids is 1. The van der Waals surface area contributed by atoms with E-state index < -0.39 is 34.1 Å². The van der Waals surface area contributed by atoms with Crippen LogP contribution in [0.5, 0.6) is 5.75 Å². The van der Waals surface area contributed by atoms with Crippen LogP contribution in [0, 0.1) is 10.1 Å². The fraction of sp³-hybridized carbons (Fsp3) is 0.222. The average Bonchev–Trinajstić information content (AvgIpc) is 2.14. The lowest BCUT2D eigenvalue weighted by molar-refractivity contribution is -0.385. The molecule has 0 radical (unpaired) electrons. The van der Waals surface area contributed by atoms with Gasteiger partial charge in [0.2, 0.25) is 0 Å². The summed E-state index contributed by atoms with van der Waals surface area (Å²) >= 11 is 0. The van der Waals surface area contributed by atoms with Gasteiger partial charge in [0, 0.05) is 13.0 Å². The SMILES string of the molecule is CC(=O)Oc1cc([N+](=O)[O-])cc(C(F)(F)F)c1. The Bertz CT molecular complexity index is 470. The molecule has 0 amide bonds. The molecule has 5 nitrogen and oxygen atoms in total. The molecule has 0 bridgehead atoms. The molecule has 0 spiro atoms. The number of carbonyl (C=O) groups is 1. The van der Waals surface area contributed by atoms with Gasteiger partial charge in [0.1, 0.15) is 5.75 Å². The van der Waals surface area contributed by atoms with Gasteiger partial charge in [-0.05, 0) is 6.07 Å². The minimum Gasteiger partial charge on any atom is -0.426 e. The summed E-state index contributed by atoms with van der Waals surface area (Å²) in [5.41, 5.74) is -2.04. The predicted molar refractivity (Wildman–Crippen MR) is 49.4 cm³/mol. The molecule has 0 aromatic heterocycles. The van der Waals surface area contributed by atoms with E-state index in [0.29, 0.717) is 12.1 Å². The van der Waals surface area contributed by atoms with Gasteiger partial charge < -0.3 is 4.74 Å². The van der Waals surface area contributed by atoms with E-state index in [4.69, 9.17) is 0 Å². The van der Waals surface area contributed by atoms with E-state index in [0.717, 1.165) is 13.0 Å². The van der Waals surface area contributed by atoms with Crippen LogP contribution in [0.15, 0.2) is 18.2 Å². The molecule has 1 rings (SSSR count). The fourth-order valence-corrected chi connectivity index (χ4v) is 1.08. The molecule has 0 heterocycles. The monoisotopic (exact) mass is 249 g/mol. The van der Waals surface area contributed by atoms with Crippen LogP contribution in [0.3, 0.4) is 0 Å². The van der Waals surface area contributed by atoms with Crippen molar-refractivity contribution in [1.82, 2.24) is 0 Å². The van der Waals surface area contributed by atoms with Crippen molar-refractivity contribution in [2.24, 2.45) is 0 Å². The maximum absolute atomic E-state index is 12.4. The van der Waals surface area contributed by atoms with Crippen LogP contribution in [0.25, 0.3) is 0 Å². The Hall–Kier alpha value is -2.12. The van der Waals surface area contributed by atoms with Crippen molar-refractivity contribution in [3.05, 3.63) is 33.9 Å². The number of nitro benzene ring substituents is 1. The molecule has 0 N–H and O–H groups in total. The highest BCUT2D eigenvalue weighted by Crippen LogP contribution is 2.34. The standard InChI is InChI=1S/C9H6F3NO4/c1-5(14)17-8-3-6(9(10,11)12)2-7(4-8)13(15)16/h2-4H,1H3. The van der Waals surface area contributed by atoms with Gasteiger partial charge in [-0.3, -0.25) is 14.9 Å². The first-order chi connectivity index (χ1) is 7.70. The van der Waals surface area contributed by atoms with Crippen molar-refractivity contribution in [3.63, 3.8) is 0 Å². The first-order valence-electron chi connectivity index (χ1n) is 4.25. The molecule has 92 valence electrons. The first-order valence-corrected chi connectivity index (χ1v) is 4.25. The molecule has 0 saturated heterocycles. The summed E-state index contributed by atoms with van der Waals surface area (Å²) in [5, 5.41) is 10.4. The molecule has 0 aliphatic rings. The molecule has 0 aliphatic carbocycles. The highest BCUT2D eigenvalue weighted by atomic mass is 19.4. The quantitative estimate of drug-likeness (QED) is 0.349. The largest absolute Gasteiger partial charge is 0.426 e. The molecule has 0 unspecified atom stereocenters. The van der Waals surface area contributed by atoms with Gasteiger partial charge in [0.25, 0.3) is 5.69 Å². The summed E-state index contributed by atoms with van der Waals surface area (Å²) in [4.78, 5) is 20.0. The van der Waals surface area contributed by atoms with Gasteiger partial charge in [0.15, 0.2) is 0 Å². The predicted octanol–water partition coefficient (Wildman–Crippen LogP) is 2.54. The molecular formula is C9H6F3NO4. The zero-order chi connectivity index (χ0) is 13.2. The Labute approximate surface area is 93.0 Å². The number of hydrogen-bond donors (Lipinski definition) is 0. The number of hydrogen-bond acceptors (Lipinski definition) is 4. The van der Waals surface area contributed by atoms with E-state index in [1.165, 1.54) is 0 Å². The number of rotatable bonds is 2. The second-order valence-corrected chi connectivity index (χ2v) is 3.06. The van der Waals surface area contributed by atoms with E-state index >= 15 is 0 Å². The van der Waals surface area contributed by atoms with Gasteiger partial charge in [-0.15, -0.1) is 0 Å². The number of ether oxygens (including phenoxy) is 1. The van der Waals surface area contributed by atoms with Gasteiger partial charge >= 0.3 is 12.1 Å². The number of benzene rings is 1. The van der Waals surface area contributed by atoms with Crippen LogP contribution >= 0.6 is 0 Å². The molecular weight excluding hydrogens is 243 g/mol. The van der Waals surface area contributed by atoms with Crippen molar-refractivity contribution in [2.75, 3.05) is 0 Å². The van der Waals surface area contributed by atoms with E-state index in [1.54, 1.807) is 0 Å². The number of non-ortho nitro benzene ring substituents is 1. The molecule has 0 atom stereocenters. The molecule has 1 aromatic carbocycles. The Morgan fingerprint density at radius 2 is 1.94 bits per heavy atom. The molecule has 17 heavy (non-hydrogen) atoms. The topological polar surface area (TPSA) is 69.4 Å². The molecule has 1 aromatic rings. The summed E-state index contributed by atoms with van der Waals surface area (Å²) in [5.74, 6) is -1.38. The normalized spacial score (nSPS) is 11.1. The second kappa shape index (κ2) is 4.40. The number of nitrogens with zero attached hydrogens (tertiary/aromatic N) is 1. The van der Waals surface area contributed by atoms with Crippen LogP contribution in [0.1, 0.15) is 12.5 Å². The minimum atomic E-state index is -4.75. The van der Waals surface area contributed by atoms with Crippen LogP contribution in [-0.2, 0) is 11.0 Å². The molecule has 0 aliphatic heterocycles. The first kappa shape index (κ1) is 12.9. The highest BCUT2D eigenvalue weighted by molar-refractivity contribution is 5.69. The lowest BCUT2D eigenvalue weighted by atomic mass is 10.2. The Kier molecular flexibility index (Phi) is 3.35. The third kappa shape index (κ3) is 3.44. The fourth-order valence-electron chi connectivity index (χ4n) is 1.08. The lowest BCUT2D eigenvalue weighted by Gasteiger charge is -2.08. The lowest BCUT2D eigenvalue weighted by Crippen LogP contribution is -2.08. The number of esters is 1. The summed E-state index contributed by atoms with van der Waals surface area (Å²) in [6, 6.07) is 1.64. The summed E-state index contributed by atoms with van der Waals surface area (Å²) in [7, 11) is 0. The maximum Gasteiger partial charge on any atom is 0.416 e. The highest BCUT2D eigenvalue weighted by Gasteiger charge is 2.33. The van der Waals surface area contributed by atoms with E-state index in [-0.39, 0.29) is 0 Å². The molecule has 8 heteroatoms. The van der Waals surface area contributed by atoms with Crippen molar-refractivity contribution < 1.29 is 27.6 Å². The Morgan fingerprint density at radius 3 is 2.35 bits per heavy atom. The van der Waals surface area contributed by atoms with Crippen molar-refractivity contribution in [1.29, 1.82) is 0 Å². The van der Waals surface area contributed by atoms with Crippen LogP contribution in [0.4, 0.5) is 18.9 Å². The Balaban J connectivity index is 3.28. The van der Waals surface area contributed by atoms with Crippen LogP contribution in [0.2, 0.25) is 0 Å². The zero-order valence-electron chi connectivity index (χ0n) is 8.45. The Morgan fingerprint density at radius 1 is 1.35 bits per heavy atom. The van der Waals surface area contributed by atoms with Crippen LogP contribution in [-0.4, -0.2) is 10.9 Å². The number of alkyl halides is 3. The smallest absolute Gasteiger partial charge is 0.416 e. The maximum atomic E-state index is 12.4. The van der Waals surface area contributed by atoms with Gasteiger partial charge in [-0.2, -0.15) is 13.2 Å². The summed E-state index contributed by atoms with van der Waals surface area (Å²) in [6.07, 6.45) is -4.75. The summed E-state index contributed by atoms with van der Waals surface area (Å²) < 4.78 is 41.6. The third-order valence-corrected chi connectivity index (χ3v) is 1.69. The van der Waals surface area contributed by atoms with E-state index in [1.807, 2.05) is 0 Å². The minimum absolute atomic E-state index is 0.368. The second-order valence-electron chi connectivity index (χ2n) is 3.06. The van der Waals surface area contributed by atoms with Crippen molar-refractivity contribution in [2.45, 2.75) is 13.1 Å². The van der Waals surface area contributed by atoms with E-state index in [9.17, 15) is 28.1 Å². The van der Waals surface area contributed by atoms with Crippen LogP contribution < -0.4 is 4.74 Å². The van der Waals surface area contributed by atoms with Crippen molar-refractivity contribution in [3.8, 4) is 5.75 Å². The molecule has 0 fully saturated rings. The number of nitro groups is 1. The van der Waals surface area contributed by atoms with Crippen molar-refractivity contribution >= 4 is 11.7 Å². The van der Waals surface area contributed by atoms with Gasteiger partial charge in [0.05, 0.1) is 16.6 Å². The average molecular weight is 249 g/mol. The summed E-state index contributed by atoms with van der Waals surface area (Å²) in [6.45, 7) is 0.978. The third-order valence-electron chi connectivity index (χ3n) is 1.69.